The predicted octanol–water partition coefficient (Wildman–Crippen LogP) is 4.19. The summed E-state index contributed by atoms with van der Waals surface area (Å²) in [5, 5.41) is 9.79. The average Bonchev–Trinajstić information content (AvgIpc) is 2.78. The van der Waals surface area contributed by atoms with Gasteiger partial charge in [-0.2, -0.15) is 0 Å². The van der Waals surface area contributed by atoms with Gasteiger partial charge in [0.25, 0.3) is 0 Å². The molecule has 0 unspecified atom stereocenters. The number of aliphatic hydroxyl groups is 1. The summed E-state index contributed by atoms with van der Waals surface area (Å²) in [7, 11) is 1.38. The lowest BCUT2D eigenvalue weighted by atomic mass is 9.93. The quantitative estimate of drug-likeness (QED) is 0.485. The highest BCUT2D eigenvalue weighted by Crippen LogP contribution is 2.26. The van der Waals surface area contributed by atoms with Crippen LogP contribution in [0.3, 0.4) is 0 Å². The van der Waals surface area contributed by atoms with Gasteiger partial charge in [0.15, 0.2) is 0 Å². The highest BCUT2D eigenvalue weighted by Gasteiger charge is 2.37. The Balaban J connectivity index is 1.99. The van der Waals surface area contributed by atoms with E-state index >= 15 is 0 Å². The van der Waals surface area contributed by atoms with Gasteiger partial charge in [-0.3, -0.25) is 9.88 Å². The smallest absolute Gasteiger partial charge is 0.410 e. The summed E-state index contributed by atoms with van der Waals surface area (Å²) in [4.78, 5) is 31.0. The Morgan fingerprint density at radius 2 is 1.89 bits per heavy atom. The van der Waals surface area contributed by atoms with Crippen LogP contribution in [0.25, 0.3) is 0 Å². The van der Waals surface area contributed by atoms with Crippen molar-refractivity contribution in [2.24, 2.45) is 0 Å². The van der Waals surface area contributed by atoms with Crippen LogP contribution in [0.2, 0.25) is 0 Å². The molecule has 1 fully saturated rings. The topological polar surface area (TPSA) is 98.2 Å². The van der Waals surface area contributed by atoms with Crippen molar-refractivity contribution in [3.05, 3.63) is 29.6 Å². The molecule has 1 aromatic heterocycles. The molecule has 0 radical (unpaired) electrons. The molecule has 35 heavy (non-hydrogen) atoms. The Morgan fingerprint density at radius 1 is 1.23 bits per heavy atom. The number of carbonyl (C=O) groups excluding carboxylic acids is 2. The molecule has 1 aliphatic rings. The molecule has 9 heteroatoms. The second-order valence-corrected chi connectivity index (χ2v) is 10.8. The summed E-state index contributed by atoms with van der Waals surface area (Å²) in [6.45, 7) is 8.91. The van der Waals surface area contributed by atoms with Crippen LogP contribution in [-0.4, -0.2) is 77.3 Å². The van der Waals surface area contributed by atoms with E-state index in [1.165, 1.54) is 26.5 Å². The molecule has 0 aliphatic carbocycles. The molecule has 0 aromatic carbocycles. The van der Waals surface area contributed by atoms with Crippen LogP contribution in [0.5, 0.6) is 0 Å². The Labute approximate surface area is 208 Å². The second kappa shape index (κ2) is 12.6. The summed E-state index contributed by atoms with van der Waals surface area (Å²) < 4.78 is 30.7. The van der Waals surface area contributed by atoms with E-state index in [1.54, 1.807) is 20.8 Å². The van der Waals surface area contributed by atoms with Gasteiger partial charge in [-0.1, -0.05) is 6.07 Å². The summed E-state index contributed by atoms with van der Waals surface area (Å²) in [5.41, 5.74) is -0.497. The highest BCUT2D eigenvalue weighted by molar-refractivity contribution is 5.81. The third-order valence-electron chi connectivity index (χ3n) is 5.85. The molecule has 2 atom stereocenters. The predicted molar refractivity (Wildman–Crippen MR) is 130 cm³/mol. The van der Waals surface area contributed by atoms with E-state index in [0.29, 0.717) is 18.8 Å². The lowest BCUT2D eigenvalue weighted by molar-refractivity contribution is -0.158. The Bertz CT molecular complexity index is 813. The molecule has 1 amide bonds. The number of hydrogen-bond donors (Lipinski definition) is 1. The maximum absolute atomic E-state index is 14.5. The number of halogens is 1. The fourth-order valence-electron chi connectivity index (χ4n) is 3.89. The number of aromatic nitrogens is 1. The normalized spacial score (nSPS) is 16.9. The van der Waals surface area contributed by atoms with Crippen molar-refractivity contribution in [2.75, 3.05) is 26.9 Å². The number of hydrogen-bond acceptors (Lipinski definition) is 7. The first-order valence-electron chi connectivity index (χ1n) is 12.3. The van der Waals surface area contributed by atoms with Crippen molar-refractivity contribution in [3.63, 3.8) is 0 Å². The first-order valence-corrected chi connectivity index (χ1v) is 12.3. The van der Waals surface area contributed by atoms with Gasteiger partial charge < -0.3 is 19.3 Å². The number of likely N-dealkylation sites (N-methyl/N-ethyl adjacent to an activating group) is 1. The van der Waals surface area contributed by atoms with Crippen LogP contribution < -0.4 is 0 Å². The lowest BCUT2D eigenvalue weighted by Gasteiger charge is -2.32. The zero-order valence-electron chi connectivity index (χ0n) is 21.9. The SMILES string of the molecule is CN(C(=O)OC(C)(C)C)[C@@H](CC(C)(C)F)C(=O)O[C@@H](CO)CCc1ccc(C2CCOCC2)cn1. The molecular weight excluding hydrogens is 455 g/mol. The third kappa shape index (κ3) is 10.1. The van der Waals surface area contributed by atoms with E-state index < -0.39 is 42.1 Å². The van der Waals surface area contributed by atoms with Gasteiger partial charge in [0.05, 0.1) is 6.61 Å². The summed E-state index contributed by atoms with van der Waals surface area (Å²) in [5.74, 6) is -0.332. The number of alkyl halides is 1. The minimum atomic E-state index is -1.73. The van der Waals surface area contributed by atoms with E-state index in [0.717, 1.165) is 36.6 Å². The van der Waals surface area contributed by atoms with Crippen LogP contribution in [0.1, 0.15) is 77.5 Å². The summed E-state index contributed by atoms with van der Waals surface area (Å²) in [6, 6.07) is 2.81. The molecule has 0 saturated carbocycles. The molecule has 0 spiro atoms. The van der Waals surface area contributed by atoms with E-state index in [1.807, 2.05) is 12.3 Å². The fraction of sp³-hybridized carbons (Fsp3) is 0.731. The zero-order chi connectivity index (χ0) is 26.2. The molecule has 2 rings (SSSR count). The number of aryl methyl sites for hydroxylation is 1. The number of pyridine rings is 1. The van der Waals surface area contributed by atoms with Crippen molar-refractivity contribution >= 4 is 12.1 Å². The van der Waals surface area contributed by atoms with Crippen LogP contribution in [-0.2, 0) is 25.4 Å². The minimum Gasteiger partial charge on any atom is -0.458 e. The number of amides is 1. The summed E-state index contributed by atoms with van der Waals surface area (Å²) >= 11 is 0. The third-order valence-corrected chi connectivity index (χ3v) is 5.85. The molecule has 1 N–H and O–H groups in total. The number of rotatable bonds is 10. The van der Waals surface area contributed by atoms with Gasteiger partial charge in [-0.05, 0) is 77.8 Å². The number of carbonyl (C=O) groups is 2. The second-order valence-electron chi connectivity index (χ2n) is 10.8. The van der Waals surface area contributed by atoms with Gasteiger partial charge in [-0.15, -0.1) is 0 Å². The zero-order valence-corrected chi connectivity index (χ0v) is 21.9. The molecule has 1 aromatic rings. The van der Waals surface area contributed by atoms with E-state index in [-0.39, 0.29) is 6.42 Å². The fourth-order valence-corrected chi connectivity index (χ4v) is 3.89. The first kappa shape index (κ1) is 29.0. The van der Waals surface area contributed by atoms with Crippen molar-refractivity contribution < 1.29 is 33.3 Å². The van der Waals surface area contributed by atoms with Gasteiger partial charge in [0.2, 0.25) is 0 Å². The maximum atomic E-state index is 14.5. The molecule has 0 bridgehead atoms. The Morgan fingerprint density at radius 3 is 2.40 bits per heavy atom. The van der Waals surface area contributed by atoms with Crippen LogP contribution in [0, 0.1) is 0 Å². The molecule has 2 heterocycles. The standard InChI is InChI=1S/C26H41FN2O6/c1-25(2,3)35-24(32)29(6)22(15-26(4,5)27)23(31)34-21(17-30)10-9-20-8-7-19(16-28-20)18-11-13-33-14-12-18/h7-8,16,18,21-22,30H,9-15,17H2,1-6H3/t21-,22+/m1/s1. The molecule has 198 valence electrons. The van der Waals surface area contributed by atoms with E-state index in [4.69, 9.17) is 14.2 Å². The summed E-state index contributed by atoms with van der Waals surface area (Å²) in [6.07, 6.45) is 2.85. The number of aliphatic hydroxyl groups excluding tert-OH is 1. The van der Waals surface area contributed by atoms with E-state index in [2.05, 4.69) is 11.1 Å². The van der Waals surface area contributed by atoms with Crippen molar-refractivity contribution in [1.82, 2.24) is 9.88 Å². The van der Waals surface area contributed by atoms with Crippen LogP contribution in [0.15, 0.2) is 18.3 Å². The Kier molecular flexibility index (Phi) is 10.5. The van der Waals surface area contributed by atoms with Crippen molar-refractivity contribution in [1.29, 1.82) is 0 Å². The molecule has 1 saturated heterocycles. The van der Waals surface area contributed by atoms with Gasteiger partial charge in [0, 0.05) is 38.6 Å². The first-order chi connectivity index (χ1) is 16.3. The maximum Gasteiger partial charge on any atom is 0.410 e. The Hall–Kier alpha value is -2.26. The lowest BCUT2D eigenvalue weighted by Crippen LogP contribution is -2.48. The van der Waals surface area contributed by atoms with Gasteiger partial charge in [0.1, 0.15) is 23.4 Å². The number of esters is 1. The van der Waals surface area contributed by atoms with Crippen molar-refractivity contribution in [2.45, 2.75) is 96.1 Å². The minimum absolute atomic E-state index is 0.269. The molecule has 8 nitrogen and oxygen atoms in total. The van der Waals surface area contributed by atoms with Crippen LogP contribution in [0.4, 0.5) is 9.18 Å². The van der Waals surface area contributed by atoms with E-state index in [9.17, 15) is 19.1 Å². The molecular formula is C26H41FN2O6. The average molecular weight is 497 g/mol. The molecule has 1 aliphatic heterocycles. The largest absolute Gasteiger partial charge is 0.458 e. The van der Waals surface area contributed by atoms with Crippen molar-refractivity contribution in [3.8, 4) is 0 Å². The monoisotopic (exact) mass is 496 g/mol. The highest BCUT2D eigenvalue weighted by atomic mass is 19.1. The number of nitrogens with zero attached hydrogens (tertiary/aromatic N) is 2. The van der Waals surface area contributed by atoms with Gasteiger partial charge >= 0.3 is 12.1 Å². The van der Waals surface area contributed by atoms with Gasteiger partial charge in [-0.25, -0.2) is 14.0 Å². The van der Waals surface area contributed by atoms with Crippen LogP contribution >= 0.6 is 0 Å². The number of ether oxygens (including phenoxy) is 3.